The maximum atomic E-state index is 12.1. The van der Waals surface area contributed by atoms with Crippen LogP contribution in [0.4, 0.5) is 5.69 Å². The van der Waals surface area contributed by atoms with Gasteiger partial charge in [-0.3, -0.25) is 4.79 Å². The van der Waals surface area contributed by atoms with Gasteiger partial charge in [0, 0.05) is 23.8 Å². The Hall–Kier alpha value is -0.780. The molecule has 1 N–H and O–H groups in total. The molecule has 1 saturated heterocycles. The van der Waals surface area contributed by atoms with E-state index in [2.05, 4.69) is 17.1 Å². The van der Waals surface area contributed by atoms with Crippen LogP contribution in [0.5, 0.6) is 0 Å². The zero-order chi connectivity index (χ0) is 16.1. The molecule has 1 aliphatic rings. The van der Waals surface area contributed by atoms with Crippen LogP contribution >= 0.6 is 35.6 Å². The Kier molecular flexibility index (Phi) is 6.53. The summed E-state index contributed by atoms with van der Waals surface area (Å²) in [6.07, 6.45) is 2.35. The summed E-state index contributed by atoms with van der Waals surface area (Å²) in [6.45, 7) is 6.22. The highest BCUT2D eigenvalue weighted by atomic mass is 35.5. The largest absolute Gasteiger partial charge is 0.357 e. The van der Waals surface area contributed by atoms with Crippen molar-refractivity contribution in [1.29, 1.82) is 0 Å². The molecule has 2 rings (SSSR count). The molecule has 1 aromatic rings. The Morgan fingerprint density at radius 2 is 2.14 bits per heavy atom. The summed E-state index contributed by atoms with van der Waals surface area (Å²) in [7, 11) is 0. The molecule has 0 unspecified atom stereocenters. The second-order valence-corrected chi connectivity index (χ2v) is 7.78. The highest BCUT2D eigenvalue weighted by Gasteiger charge is 2.18. The molecule has 0 atom stereocenters. The van der Waals surface area contributed by atoms with Gasteiger partial charge in [0.25, 0.3) is 0 Å². The summed E-state index contributed by atoms with van der Waals surface area (Å²) in [5.41, 5.74) is 1.76. The number of benzene rings is 1. The summed E-state index contributed by atoms with van der Waals surface area (Å²) >= 11 is 12.8. The van der Waals surface area contributed by atoms with Crippen molar-refractivity contribution in [3.8, 4) is 0 Å². The third-order valence-electron chi connectivity index (χ3n) is 3.84. The Morgan fingerprint density at radius 1 is 1.45 bits per heavy atom. The molecule has 0 radical (unpaired) electrons. The molecular weight excluding hydrogens is 336 g/mol. The van der Waals surface area contributed by atoms with Gasteiger partial charge in [0.05, 0.1) is 5.75 Å². The van der Waals surface area contributed by atoms with Crippen LogP contribution in [-0.4, -0.2) is 34.0 Å². The smallest absolute Gasteiger partial charge is 0.234 e. The van der Waals surface area contributed by atoms with E-state index in [0.29, 0.717) is 10.8 Å². The van der Waals surface area contributed by atoms with E-state index in [-0.39, 0.29) is 5.91 Å². The molecule has 0 saturated carbocycles. The Balaban J connectivity index is 1.80. The van der Waals surface area contributed by atoms with E-state index in [1.807, 2.05) is 19.1 Å². The average molecular weight is 357 g/mol. The van der Waals surface area contributed by atoms with Gasteiger partial charge >= 0.3 is 0 Å². The summed E-state index contributed by atoms with van der Waals surface area (Å²) in [6, 6.07) is 5.47. The normalized spacial score (nSPS) is 15.7. The minimum Gasteiger partial charge on any atom is -0.357 e. The minimum absolute atomic E-state index is 0.0527. The van der Waals surface area contributed by atoms with Gasteiger partial charge in [-0.1, -0.05) is 48.6 Å². The summed E-state index contributed by atoms with van der Waals surface area (Å²) in [4.78, 5) is 14.3. The third-order valence-corrected chi connectivity index (χ3v) is 5.60. The van der Waals surface area contributed by atoms with Crippen molar-refractivity contribution in [1.82, 2.24) is 4.90 Å². The highest BCUT2D eigenvalue weighted by Crippen LogP contribution is 2.22. The first-order chi connectivity index (χ1) is 10.5. The molecule has 1 aliphatic heterocycles. The molecule has 1 fully saturated rings. The maximum Gasteiger partial charge on any atom is 0.234 e. The molecule has 1 amide bonds. The van der Waals surface area contributed by atoms with Crippen molar-refractivity contribution >= 4 is 51.5 Å². The van der Waals surface area contributed by atoms with Gasteiger partial charge in [-0.15, -0.1) is 0 Å². The summed E-state index contributed by atoms with van der Waals surface area (Å²) in [5.74, 6) is 1.05. The van der Waals surface area contributed by atoms with E-state index >= 15 is 0 Å². The predicted molar refractivity (Wildman–Crippen MR) is 99.8 cm³/mol. The Morgan fingerprint density at radius 3 is 2.82 bits per heavy atom. The molecular formula is C16H21ClN2OS2. The first-order valence-corrected chi connectivity index (χ1v) is 9.20. The fourth-order valence-electron chi connectivity index (χ4n) is 2.32. The van der Waals surface area contributed by atoms with Crippen LogP contribution in [0.15, 0.2) is 18.2 Å². The first-order valence-electron chi connectivity index (χ1n) is 7.43. The van der Waals surface area contributed by atoms with E-state index in [9.17, 15) is 4.79 Å². The fourth-order valence-corrected chi connectivity index (χ4v) is 3.55. The van der Waals surface area contributed by atoms with Crippen LogP contribution in [0.25, 0.3) is 0 Å². The van der Waals surface area contributed by atoms with Crippen LogP contribution in [-0.2, 0) is 4.79 Å². The van der Waals surface area contributed by atoms with Crippen molar-refractivity contribution < 1.29 is 4.79 Å². The van der Waals surface area contributed by atoms with Crippen LogP contribution in [0.2, 0.25) is 5.02 Å². The number of aryl methyl sites for hydroxylation is 1. The summed E-state index contributed by atoms with van der Waals surface area (Å²) < 4.78 is 0.824. The van der Waals surface area contributed by atoms with Gasteiger partial charge in [-0.2, -0.15) is 0 Å². The number of nitrogens with zero attached hydrogens (tertiary/aromatic N) is 1. The van der Waals surface area contributed by atoms with Crippen LogP contribution in [0, 0.1) is 12.8 Å². The number of carbonyl (C=O) groups excluding carboxylic acids is 1. The molecule has 0 bridgehead atoms. The number of thiocarbonyl (C=S) groups is 1. The first kappa shape index (κ1) is 17.6. The highest BCUT2D eigenvalue weighted by molar-refractivity contribution is 8.23. The third kappa shape index (κ3) is 5.14. The second-order valence-electron chi connectivity index (χ2n) is 5.73. The number of amides is 1. The van der Waals surface area contributed by atoms with Gasteiger partial charge in [0.1, 0.15) is 4.32 Å². The summed E-state index contributed by atoms with van der Waals surface area (Å²) in [5, 5.41) is 3.51. The minimum atomic E-state index is -0.0527. The van der Waals surface area contributed by atoms with E-state index in [1.54, 1.807) is 6.07 Å². The van der Waals surface area contributed by atoms with Gasteiger partial charge < -0.3 is 10.2 Å². The van der Waals surface area contributed by atoms with Gasteiger partial charge in [-0.05, 0) is 43.4 Å². The Labute approximate surface area is 146 Å². The lowest BCUT2D eigenvalue weighted by atomic mass is 10.00. The fraction of sp³-hybridized carbons (Fsp3) is 0.500. The van der Waals surface area contributed by atoms with Gasteiger partial charge in [0.15, 0.2) is 0 Å². The van der Waals surface area contributed by atoms with E-state index in [1.165, 1.54) is 24.6 Å². The van der Waals surface area contributed by atoms with Crippen molar-refractivity contribution in [3.63, 3.8) is 0 Å². The van der Waals surface area contributed by atoms with E-state index < -0.39 is 0 Å². The van der Waals surface area contributed by atoms with Crippen LogP contribution < -0.4 is 5.32 Å². The van der Waals surface area contributed by atoms with E-state index in [0.717, 1.165) is 34.6 Å². The van der Waals surface area contributed by atoms with Crippen LogP contribution in [0.3, 0.4) is 0 Å². The number of carbonyl (C=O) groups is 1. The quantitative estimate of drug-likeness (QED) is 0.817. The zero-order valence-corrected chi connectivity index (χ0v) is 15.3. The van der Waals surface area contributed by atoms with Gasteiger partial charge in [-0.25, -0.2) is 0 Å². The lowest BCUT2D eigenvalue weighted by molar-refractivity contribution is -0.113. The molecule has 6 heteroatoms. The van der Waals surface area contributed by atoms with Crippen molar-refractivity contribution in [2.75, 3.05) is 24.2 Å². The number of likely N-dealkylation sites (tertiary alicyclic amines) is 1. The number of piperidine rings is 1. The molecule has 120 valence electrons. The van der Waals surface area contributed by atoms with E-state index in [4.69, 9.17) is 23.8 Å². The SMILES string of the molecule is Cc1ccc(Cl)cc1NC(=O)CSC(=S)N1CCC(C)CC1. The molecule has 0 aromatic heterocycles. The molecule has 0 spiro atoms. The van der Waals surface area contributed by atoms with Gasteiger partial charge in [0.2, 0.25) is 5.91 Å². The standard InChI is InChI=1S/C16H21ClN2OS2/c1-11-5-7-19(8-6-11)16(21)22-10-15(20)18-14-9-13(17)4-3-12(14)2/h3-4,9,11H,5-8,10H2,1-2H3,(H,18,20). The molecule has 1 aromatic carbocycles. The number of hydrogen-bond acceptors (Lipinski definition) is 3. The zero-order valence-electron chi connectivity index (χ0n) is 12.9. The van der Waals surface area contributed by atoms with Crippen molar-refractivity contribution in [3.05, 3.63) is 28.8 Å². The second kappa shape index (κ2) is 8.18. The number of thioether (sulfide) groups is 1. The molecule has 1 heterocycles. The molecule has 22 heavy (non-hydrogen) atoms. The molecule has 3 nitrogen and oxygen atoms in total. The topological polar surface area (TPSA) is 32.3 Å². The molecule has 0 aliphatic carbocycles. The average Bonchev–Trinajstić information content (AvgIpc) is 2.49. The number of rotatable bonds is 3. The number of nitrogens with one attached hydrogen (secondary N) is 1. The van der Waals surface area contributed by atoms with Crippen molar-refractivity contribution in [2.24, 2.45) is 5.92 Å². The number of anilines is 1. The lowest BCUT2D eigenvalue weighted by Crippen LogP contribution is -2.36. The monoisotopic (exact) mass is 356 g/mol. The number of hydrogen-bond donors (Lipinski definition) is 1. The number of halogens is 1. The Bertz CT molecular complexity index is 557. The van der Waals surface area contributed by atoms with Crippen LogP contribution in [0.1, 0.15) is 25.3 Å². The lowest BCUT2D eigenvalue weighted by Gasteiger charge is -2.31. The maximum absolute atomic E-state index is 12.1. The van der Waals surface area contributed by atoms with Crippen molar-refractivity contribution in [2.45, 2.75) is 26.7 Å². The predicted octanol–water partition coefficient (Wildman–Crippen LogP) is 4.34.